The van der Waals surface area contributed by atoms with E-state index >= 15 is 0 Å². The monoisotopic (exact) mass is 214 g/mol. The average molecular weight is 214 g/mol. The maximum absolute atomic E-state index is 12.6. The summed E-state index contributed by atoms with van der Waals surface area (Å²) in [6.07, 6.45) is 3.08. The normalized spacial score (nSPS) is 47.5. The van der Waals surface area contributed by atoms with Crippen molar-refractivity contribution in [2.75, 3.05) is 0 Å². The van der Waals surface area contributed by atoms with E-state index in [2.05, 4.69) is 0 Å². The number of rotatable bonds is 2. The van der Waals surface area contributed by atoms with Crippen LogP contribution in [0.15, 0.2) is 0 Å². The Hall–Kier alpha value is -0.470. The molecule has 84 valence electrons. The van der Waals surface area contributed by atoms with Crippen molar-refractivity contribution in [3.8, 4) is 0 Å². The number of hydrogen-bond acceptors (Lipinski definition) is 1. The standard InChI is InChI=1S/C12H16F2O/c13-11(14)10(15)12-4-7-1-8(5-12)3-9(2-7)6-12/h7-9,11H,1-6H2. The molecule has 3 heteroatoms. The molecule has 4 saturated carbocycles. The first-order valence-electron chi connectivity index (χ1n) is 5.91. The molecule has 4 aliphatic carbocycles. The molecular weight excluding hydrogens is 198 g/mol. The van der Waals surface area contributed by atoms with Crippen molar-refractivity contribution < 1.29 is 13.6 Å². The molecule has 1 nitrogen and oxygen atoms in total. The van der Waals surface area contributed by atoms with E-state index in [-0.39, 0.29) is 0 Å². The number of ketones is 1. The second kappa shape index (κ2) is 3.02. The molecule has 0 heterocycles. The first kappa shape index (κ1) is 9.73. The van der Waals surface area contributed by atoms with Gasteiger partial charge >= 0.3 is 0 Å². The molecule has 0 aromatic rings. The van der Waals surface area contributed by atoms with Gasteiger partial charge in [0.25, 0.3) is 6.43 Å². The van der Waals surface area contributed by atoms with Crippen LogP contribution in [0.4, 0.5) is 8.78 Å². The van der Waals surface area contributed by atoms with Crippen LogP contribution in [0.3, 0.4) is 0 Å². The van der Waals surface area contributed by atoms with Gasteiger partial charge in [-0.3, -0.25) is 4.79 Å². The van der Waals surface area contributed by atoms with E-state index in [1.165, 1.54) is 19.3 Å². The van der Waals surface area contributed by atoms with Crippen LogP contribution in [-0.4, -0.2) is 12.2 Å². The van der Waals surface area contributed by atoms with Gasteiger partial charge in [-0.05, 0) is 56.3 Å². The molecule has 15 heavy (non-hydrogen) atoms. The van der Waals surface area contributed by atoms with E-state index in [0.29, 0.717) is 17.8 Å². The highest BCUT2D eigenvalue weighted by Gasteiger charge is 2.55. The fourth-order valence-corrected chi connectivity index (χ4v) is 4.64. The van der Waals surface area contributed by atoms with Gasteiger partial charge in [0.2, 0.25) is 5.78 Å². The second-order valence-electron chi connectivity index (χ2n) is 5.86. The molecule has 0 spiro atoms. The Balaban J connectivity index is 1.90. The topological polar surface area (TPSA) is 17.1 Å². The highest BCUT2D eigenvalue weighted by molar-refractivity contribution is 5.88. The van der Waals surface area contributed by atoms with Gasteiger partial charge in [0.1, 0.15) is 0 Å². The maximum atomic E-state index is 12.6. The van der Waals surface area contributed by atoms with Gasteiger partial charge in [-0.2, -0.15) is 0 Å². The Morgan fingerprint density at radius 2 is 1.40 bits per heavy atom. The van der Waals surface area contributed by atoms with Crippen molar-refractivity contribution in [2.24, 2.45) is 23.2 Å². The zero-order chi connectivity index (χ0) is 10.6. The molecule has 0 amide bonds. The minimum atomic E-state index is -2.75. The number of hydrogen-bond donors (Lipinski definition) is 0. The Morgan fingerprint density at radius 3 is 1.73 bits per heavy atom. The van der Waals surface area contributed by atoms with Gasteiger partial charge in [0, 0.05) is 5.41 Å². The molecule has 0 unspecified atom stereocenters. The molecule has 4 aliphatic rings. The lowest BCUT2D eigenvalue weighted by molar-refractivity contribution is -0.155. The summed E-state index contributed by atoms with van der Waals surface area (Å²) in [4.78, 5) is 11.6. The predicted molar refractivity (Wildman–Crippen MR) is 51.6 cm³/mol. The molecular formula is C12H16F2O. The van der Waals surface area contributed by atoms with Crippen molar-refractivity contribution in [1.82, 2.24) is 0 Å². The predicted octanol–water partition coefficient (Wildman–Crippen LogP) is 3.04. The van der Waals surface area contributed by atoms with Crippen LogP contribution < -0.4 is 0 Å². The number of alkyl halides is 2. The van der Waals surface area contributed by atoms with Crippen molar-refractivity contribution in [1.29, 1.82) is 0 Å². The summed E-state index contributed by atoms with van der Waals surface area (Å²) in [5, 5.41) is 0. The fraction of sp³-hybridized carbons (Fsp3) is 0.917. The molecule has 0 saturated heterocycles. The highest BCUT2D eigenvalue weighted by atomic mass is 19.3. The molecule has 4 fully saturated rings. The quantitative estimate of drug-likeness (QED) is 0.690. The number of carbonyl (C=O) groups excluding carboxylic acids is 1. The minimum Gasteiger partial charge on any atom is -0.293 e. The third-order valence-corrected chi connectivity index (χ3v) is 4.76. The Morgan fingerprint density at radius 1 is 1.00 bits per heavy atom. The largest absolute Gasteiger partial charge is 0.296 e. The zero-order valence-electron chi connectivity index (χ0n) is 8.72. The van der Waals surface area contributed by atoms with E-state index in [0.717, 1.165) is 19.3 Å². The lowest BCUT2D eigenvalue weighted by Crippen LogP contribution is -2.51. The van der Waals surface area contributed by atoms with Gasteiger partial charge in [0.05, 0.1) is 0 Å². The van der Waals surface area contributed by atoms with Gasteiger partial charge in [0.15, 0.2) is 0 Å². The van der Waals surface area contributed by atoms with Crippen LogP contribution in [0.25, 0.3) is 0 Å². The third-order valence-electron chi connectivity index (χ3n) is 4.76. The van der Waals surface area contributed by atoms with Crippen LogP contribution in [0.5, 0.6) is 0 Å². The Labute approximate surface area is 88.2 Å². The second-order valence-corrected chi connectivity index (χ2v) is 5.86. The van der Waals surface area contributed by atoms with E-state index in [9.17, 15) is 13.6 Å². The number of carbonyl (C=O) groups is 1. The molecule has 0 N–H and O–H groups in total. The van der Waals surface area contributed by atoms with Crippen LogP contribution in [0, 0.1) is 23.2 Å². The summed E-state index contributed by atoms with van der Waals surface area (Å²) in [6.45, 7) is 0. The maximum Gasteiger partial charge on any atom is 0.296 e. The number of Topliss-reactive ketones (excluding diaryl/α,β-unsaturated/α-hetero) is 1. The van der Waals surface area contributed by atoms with Crippen LogP contribution >= 0.6 is 0 Å². The smallest absolute Gasteiger partial charge is 0.293 e. The molecule has 4 rings (SSSR count). The molecule has 4 bridgehead atoms. The van der Waals surface area contributed by atoms with E-state index in [4.69, 9.17) is 0 Å². The van der Waals surface area contributed by atoms with E-state index in [1.54, 1.807) is 0 Å². The molecule has 0 aromatic heterocycles. The Kier molecular flexibility index (Phi) is 1.96. The van der Waals surface area contributed by atoms with Crippen LogP contribution in [0.1, 0.15) is 38.5 Å². The van der Waals surface area contributed by atoms with Crippen LogP contribution in [-0.2, 0) is 4.79 Å². The van der Waals surface area contributed by atoms with Crippen molar-refractivity contribution >= 4 is 5.78 Å². The third kappa shape index (κ3) is 1.35. The van der Waals surface area contributed by atoms with Crippen LogP contribution in [0.2, 0.25) is 0 Å². The van der Waals surface area contributed by atoms with E-state index in [1.807, 2.05) is 0 Å². The minimum absolute atomic E-state index is 0.568. The zero-order valence-corrected chi connectivity index (χ0v) is 8.72. The average Bonchev–Trinajstić information content (AvgIpc) is 2.14. The summed E-state index contributed by atoms with van der Waals surface area (Å²) in [6, 6.07) is 0. The SMILES string of the molecule is O=C(C(F)F)C12CC3CC(CC(C3)C1)C2. The summed E-state index contributed by atoms with van der Waals surface area (Å²) < 4.78 is 25.2. The van der Waals surface area contributed by atoms with Crippen molar-refractivity contribution in [3.05, 3.63) is 0 Å². The summed E-state index contributed by atoms with van der Waals surface area (Å²) in [7, 11) is 0. The first-order chi connectivity index (χ1) is 7.09. The summed E-state index contributed by atoms with van der Waals surface area (Å²) in [5.41, 5.74) is -0.608. The molecule has 0 radical (unpaired) electrons. The summed E-state index contributed by atoms with van der Waals surface area (Å²) >= 11 is 0. The summed E-state index contributed by atoms with van der Waals surface area (Å²) in [5.74, 6) is 0.957. The molecule has 0 aromatic carbocycles. The van der Waals surface area contributed by atoms with Crippen molar-refractivity contribution in [2.45, 2.75) is 45.0 Å². The fourth-order valence-electron chi connectivity index (χ4n) is 4.64. The Bertz CT molecular complexity index is 263. The van der Waals surface area contributed by atoms with Gasteiger partial charge in [-0.15, -0.1) is 0 Å². The molecule has 0 atom stereocenters. The molecule has 0 aliphatic heterocycles. The van der Waals surface area contributed by atoms with Gasteiger partial charge in [-0.1, -0.05) is 0 Å². The van der Waals surface area contributed by atoms with Gasteiger partial charge < -0.3 is 0 Å². The number of halogens is 2. The van der Waals surface area contributed by atoms with E-state index < -0.39 is 17.6 Å². The van der Waals surface area contributed by atoms with Gasteiger partial charge in [-0.25, -0.2) is 8.78 Å². The highest BCUT2D eigenvalue weighted by Crippen LogP contribution is 2.60. The first-order valence-corrected chi connectivity index (χ1v) is 5.91. The lowest BCUT2D eigenvalue weighted by atomic mass is 9.48. The lowest BCUT2D eigenvalue weighted by Gasteiger charge is -2.55. The van der Waals surface area contributed by atoms with Crippen molar-refractivity contribution in [3.63, 3.8) is 0 Å².